The van der Waals surface area contributed by atoms with Crippen molar-refractivity contribution in [3.8, 4) is 0 Å². The normalized spacial score (nSPS) is 10.2. The zero-order chi connectivity index (χ0) is 13.7. The molecule has 1 amide bonds. The van der Waals surface area contributed by atoms with Crippen molar-refractivity contribution in [2.75, 3.05) is 5.32 Å². The Morgan fingerprint density at radius 2 is 1.79 bits per heavy atom. The van der Waals surface area contributed by atoms with Gasteiger partial charge in [0, 0.05) is 11.6 Å². The van der Waals surface area contributed by atoms with Gasteiger partial charge in [0.25, 0.3) is 0 Å². The van der Waals surface area contributed by atoms with Gasteiger partial charge in [-0.3, -0.25) is 4.79 Å². The van der Waals surface area contributed by atoms with Gasteiger partial charge >= 0.3 is 0 Å². The second kappa shape index (κ2) is 6.34. The molecule has 0 radical (unpaired) electrons. The minimum absolute atomic E-state index is 0.149. The van der Waals surface area contributed by atoms with Gasteiger partial charge in [-0.25, -0.2) is 4.39 Å². The lowest BCUT2D eigenvalue weighted by Crippen LogP contribution is -2.15. The van der Waals surface area contributed by atoms with Crippen LogP contribution in [0, 0.1) is 5.82 Å². The molecule has 2 aromatic rings. The zero-order valence-corrected chi connectivity index (χ0v) is 11.0. The fraction of sp³-hybridized carbons (Fsp3) is 0.133. The molecule has 2 aromatic carbocycles. The van der Waals surface area contributed by atoms with Crippen molar-refractivity contribution in [1.29, 1.82) is 0 Å². The van der Waals surface area contributed by atoms with Gasteiger partial charge in [-0.2, -0.15) is 0 Å². The van der Waals surface area contributed by atoms with E-state index in [2.05, 4.69) is 5.32 Å². The fourth-order valence-corrected chi connectivity index (χ4v) is 1.97. The van der Waals surface area contributed by atoms with Gasteiger partial charge in [-0.05, 0) is 29.3 Å². The van der Waals surface area contributed by atoms with Crippen LogP contribution in [0.3, 0.4) is 0 Å². The first-order chi connectivity index (χ1) is 9.19. The van der Waals surface area contributed by atoms with Crippen molar-refractivity contribution in [1.82, 2.24) is 0 Å². The predicted octanol–water partition coefficient (Wildman–Crippen LogP) is 3.75. The summed E-state index contributed by atoms with van der Waals surface area (Å²) >= 11 is 5.80. The number of anilines is 1. The highest BCUT2D eigenvalue weighted by Crippen LogP contribution is 2.17. The molecule has 2 nitrogen and oxygen atoms in total. The van der Waals surface area contributed by atoms with Crippen LogP contribution in [0.5, 0.6) is 0 Å². The highest BCUT2D eigenvalue weighted by Gasteiger charge is 2.07. The van der Waals surface area contributed by atoms with Crippen molar-refractivity contribution in [3.05, 3.63) is 65.5 Å². The predicted molar refractivity (Wildman–Crippen MR) is 74.7 cm³/mol. The topological polar surface area (TPSA) is 29.1 Å². The van der Waals surface area contributed by atoms with Crippen LogP contribution in [0.2, 0.25) is 0 Å². The number of carbonyl (C=O) groups is 1. The molecule has 0 unspecified atom stereocenters. The fourth-order valence-electron chi connectivity index (χ4n) is 1.74. The quantitative estimate of drug-likeness (QED) is 0.848. The first-order valence-electron chi connectivity index (χ1n) is 5.87. The second-order valence-corrected chi connectivity index (χ2v) is 4.41. The Hall–Kier alpha value is -1.87. The van der Waals surface area contributed by atoms with Crippen molar-refractivity contribution < 1.29 is 9.18 Å². The lowest BCUT2D eigenvalue weighted by atomic mass is 10.1. The smallest absolute Gasteiger partial charge is 0.228 e. The van der Waals surface area contributed by atoms with E-state index in [-0.39, 0.29) is 18.1 Å². The minimum Gasteiger partial charge on any atom is -0.326 e. The molecule has 98 valence electrons. The third kappa shape index (κ3) is 3.80. The van der Waals surface area contributed by atoms with Gasteiger partial charge < -0.3 is 5.32 Å². The molecule has 0 aromatic heterocycles. The first kappa shape index (κ1) is 13.6. The third-order valence-corrected chi connectivity index (χ3v) is 3.00. The average molecular weight is 278 g/mol. The third-order valence-electron chi connectivity index (χ3n) is 2.71. The van der Waals surface area contributed by atoms with Crippen molar-refractivity contribution in [3.63, 3.8) is 0 Å². The maximum absolute atomic E-state index is 12.8. The van der Waals surface area contributed by atoms with E-state index in [0.29, 0.717) is 11.6 Å². The Bertz CT molecular complexity index is 569. The molecule has 0 heterocycles. The van der Waals surface area contributed by atoms with Crippen LogP contribution in [-0.2, 0) is 17.1 Å². The summed E-state index contributed by atoms with van der Waals surface area (Å²) in [7, 11) is 0. The van der Waals surface area contributed by atoms with E-state index in [9.17, 15) is 9.18 Å². The summed E-state index contributed by atoms with van der Waals surface area (Å²) in [5, 5.41) is 2.81. The van der Waals surface area contributed by atoms with E-state index in [1.165, 1.54) is 12.1 Å². The lowest BCUT2D eigenvalue weighted by molar-refractivity contribution is -0.115. The molecule has 0 spiro atoms. The number of hydrogen-bond donors (Lipinski definition) is 1. The molecule has 0 aliphatic rings. The van der Waals surface area contributed by atoms with Gasteiger partial charge in [-0.1, -0.05) is 30.3 Å². The number of nitrogens with one attached hydrogen (secondary N) is 1. The standard InChI is InChI=1S/C15H13ClFNO/c16-10-12-3-1-2-4-14(12)18-15(19)9-11-5-7-13(17)8-6-11/h1-8H,9-10H2,(H,18,19). The lowest BCUT2D eigenvalue weighted by Gasteiger charge is -2.09. The maximum atomic E-state index is 12.8. The number of hydrogen-bond acceptors (Lipinski definition) is 1. The molecular formula is C15H13ClFNO. The number of carbonyl (C=O) groups excluding carboxylic acids is 1. The molecule has 0 aliphatic heterocycles. The second-order valence-electron chi connectivity index (χ2n) is 4.14. The van der Waals surface area contributed by atoms with Gasteiger partial charge in [0.05, 0.1) is 6.42 Å². The Morgan fingerprint density at radius 3 is 2.47 bits per heavy atom. The van der Waals surface area contributed by atoms with Crippen LogP contribution in [0.4, 0.5) is 10.1 Å². The molecule has 0 atom stereocenters. The SMILES string of the molecule is O=C(Cc1ccc(F)cc1)Nc1ccccc1CCl. The number of amides is 1. The highest BCUT2D eigenvalue weighted by atomic mass is 35.5. The number of halogens is 2. The molecule has 0 aliphatic carbocycles. The summed E-state index contributed by atoms with van der Waals surface area (Å²) in [6.45, 7) is 0. The molecule has 1 N–H and O–H groups in total. The minimum atomic E-state index is -0.309. The molecule has 0 saturated heterocycles. The Labute approximate surface area is 116 Å². The molecule has 0 fully saturated rings. The Morgan fingerprint density at radius 1 is 1.11 bits per heavy atom. The summed E-state index contributed by atoms with van der Waals surface area (Å²) in [6, 6.07) is 13.3. The number of benzene rings is 2. The van der Waals surface area contributed by atoms with Gasteiger partial charge in [0.1, 0.15) is 5.82 Å². The van der Waals surface area contributed by atoms with Gasteiger partial charge in [0.15, 0.2) is 0 Å². The molecule has 0 saturated carbocycles. The van der Waals surface area contributed by atoms with Crippen molar-refractivity contribution in [2.45, 2.75) is 12.3 Å². The van der Waals surface area contributed by atoms with E-state index in [0.717, 1.165) is 11.1 Å². The van der Waals surface area contributed by atoms with Crippen molar-refractivity contribution >= 4 is 23.2 Å². The van der Waals surface area contributed by atoms with E-state index in [1.54, 1.807) is 18.2 Å². The molecule has 0 bridgehead atoms. The summed E-state index contributed by atoms with van der Waals surface area (Å²) in [6.07, 6.45) is 0.205. The Kier molecular flexibility index (Phi) is 4.53. The average Bonchev–Trinajstić information content (AvgIpc) is 2.42. The highest BCUT2D eigenvalue weighted by molar-refractivity contribution is 6.17. The molecular weight excluding hydrogens is 265 g/mol. The monoisotopic (exact) mass is 277 g/mol. The van der Waals surface area contributed by atoms with Crippen LogP contribution in [0.15, 0.2) is 48.5 Å². The number of rotatable bonds is 4. The van der Waals surface area contributed by atoms with E-state index in [4.69, 9.17) is 11.6 Å². The summed E-state index contributed by atoms with van der Waals surface area (Å²) < 4.78 is 12.8. The largest absolute Gasteiger partial charge is 0.326 e. The van der Waals surface area contributed by atoms with Crippen LogP contribution in [0.1, 0.15) is 11.1 Å². The first-order valence-corrected chi connectivity index (χ1v) is 6.40. The maximum Gasteiger partial charge on any atom is 0.228 e. The van der Waals surface area contributed by atoms with Crippen LogP contribution in [0.25, 0.3) is 0 Å². The molecule has 2 rings (SSSR count). The van der Waals surface area contributed by atoms with Crippen LogP contribution in [-0.4, -0.2) is 5.91 Å². The molecule has 19 heavy (non-hydrogen) atoms. The Balaban J connectivity index is 2.03. The van der Waals surface area contributed by atoms with Crippen LogP contribution >= 0.6 is 11.6 Å². The zero-order valence-electron chi connectivity index (χ0n) is 10.2. The van der Waals surface area contributed by atoms with E-state index in [1.807, 2.05) is 18.2 Å². The number of para-hydroxylation sites is 1. The van der Waals surface area contributed by atoms with Gasteiger partial charge in [-0.15, -0.1) is 11.6 Å². The summed E-state index contributed by atoms with van der Waals surface area (Å²) in [5.41, 5.74) is 2.35. The molecule has 4 heteroatoms. The van der Waals surface area contributed by atoms with E-state index < -0.39 is 0 Å². The van der Waals surface area contributed by atoms with Crippen LogP contribution < -0.4 is 5.32 Å². The van der Waals surface area contributed by atoms with Gasteiger partial charge in [0.2, 0.25) is 5.91 Å². The summed E-state index contributed by atoms with van der Waals surface area (Å²) in [4.78, 5) is 11.9. The number of alkyl halides is 1. The van der Waals surface area contributed by atoms with Crippen molar-refractivity contribution in [2.24, 2.45) is 0 Å². The summed E-state index contributed by atoms with van der Waals surface area (Å²) in [5.74, 6) is -0.117. The van der Waals surface area contributed by atoms with E-state index >= 15 is 0 Å².